The average molecular weight is 913 g/mol. The van der Waals surface area contributed by atoms with Crippen molar-refractivity contribution in [3.63, 3.8) is 0 Å². The second-order valence-corrected chi connectivity index (χ2v) is 17.0. The van der Waals surface area contributed by atoms with Crippen molar-refractivity contribution >= 4 is 11.9 Å². The van der Waals surface area contributed by atoms with Crippen molar-refractivity contribution in [3.05, 3.63) is 0 Å². The lowest BCUT2D eigenvalue weighted by Gasteiger charge is -2.49. The molecule has 2 saturated carbocycles. The van der Waals surface area contributed by atoms with E-state index in [4.69, 9.17) is 9.47 Å². The van der Waals surface area contributed by atoms with Crippen molar-refractivity contribution in [2.24, 2.45) is 46.3 Å². The molecule has 8 nitrogen and oxygen atoms in total. The van der Waals surface area contributed by atoms with E-state index in [0.717, 1.165) is 21.1 Å². The first-order valence-corrected chi connectivity index (χ1v) is 18.7. The summed E-state index contributed by atoms with van der Waals surface area (Å²) in [5, 5.41) is 0. The minimum Gasteiger partial charge on any atom is -0.461 e. The number of carbonyl (C=O) groups is 2. The molecule has 60 heavy (non-hydrogen) atoms. The highest BCUT2D eigenvalue weighted by molar-refractivity contribution is 5.78. The van der Waals surface area contributed by atoms with E-state index in [0.29, 0.717) is 39.5 Å². The fourth-order valence-electron chi connectivity index (χ4n) is 7.69. The van der Waals surface area contributed by atoms with Gasteiger partial charge in [0.1, 0.15) is 6.61 Å². The van der Waals surface area contributed by atoms with Crippen molar-refractivity contribution in [3.8, 4) is 0 Å². The van der Waals surface area contributed by atoms with Gasteiger partial charge >= 0.3 is 48.4 Å². The van der Waals surface area contributed by atoms with Crippen molar-refractivity contribution in [2.75, 3.05) is 20.8 Å². The topological polar surface area (TPSA) is 89.5 Å². The number of hydrogen-bond acceptors (Lipinski definition) is 8. The summed E-state index contributed by atoms with van der Waals surface area (Å²) in [5.41, 5.74) is -17.4. The van der Waals surface area contributed by atoms with E-state index in [2.05, 4.69) is 18.9 Å². The molecule has 0 N–H and O–H groups in total. The lowest BCUT2D eigenvalue weighted by atomic mass is 9.66. The molecule has 0 aromatic heterocycles. The third-order valence-corrected chi connectivity index (χ3v) is 12.0. The Balaban J connectivity index is 0.000000607. The molecule has 0 amide bonds. The highest BCUT2D eigenvalue weighted by Crippen LogP contribution is 2.62. The Morgan fingerprint density at radius 3 is 1.38 bits per heavy atom. The summed E-state index contributed by atoms with van der Waals surface area (Å²) in [7, 11) is 1.74. The van der Waals surface area contributed by atoms with Gasteiger partial charge in [-0.05, 0) is 70.6 Å². The maximum absolute atomic E-state index is 14.2. The molecule has 8 unspecified atom stereocenters. The number of ether oxygens (including phenoxy) is 6. The van der Waals surface area contributed by atoms with Gasteiger partial charge < -0.3 is 28.4 Å². The van der Waals surface area contributed by atoms with Crippen LogP contribution in [0, 0.1) is 46.3 Å². The number of fused-ring (bicyclic) bond motifs is 2. The fourth-order valence-corrected chi connectivity index (χ4v) is 7.69. The maximum Gasteiger partial charge on any atom is 0.430 e. The van der Waals surface area contributed by atoms with Gasteiger partial charge in [0, 0.05) is 26.1 Å². The molecule has 0 saturated heterocycles. The van der Waals surface area contributed by atoms with Gasteiger partial charge in [0.25, 0.3) is 5.60 Å². The van der Waals surface area contributed by atoms with E-state index in [1.807, 2.05) is 13.8 Å². The van der Waals surface area contributed by atoms with Gasteiger partial charge in [0.2, 0.25) is 0 Å². The van der Waals surface area contributed by atoms with Gasteiger partial charge in [0.05, 0.1) is 5.41 Å². The van der Waals surface area contributed by atoms with Crippen LogP contribution in [0.15, 0.2) is 0 Å². The van der Waals surface area contributed by atoms with Gasteiger partial charge in [-0.2, -0.15) is 65.9 Å². The molecule has 2 aliphatic carbocycles. The van der Waals surface area contributed by atoms with Crippen LogP contribution in [0.2, 0.25) is 0 Å². The molecule has 2 rings (SSSR count). The lowest BCUT2D eigenvalue weighted by Crippen LogP contribution is -2.72. The van der Waals surface area contributed by atoms with Crippen molar-refractivity contribution in [2.45, 2.75) is 156 Å². The Kier molecular flexibility index (Phi) is 17.1. The normalized spacial score (nSPS) is 25.4. The Morgan fingerprint density at radius 1 is 0.667 bits per heavy atom. The Hall–Kier alpha value is -2.27. The molecule has 8 atom stereocenters. The van der Waals surface area contributed by atoms with Gasteiger partial charge in [-0.1, -0.05) is 48.5 Å². The molecule has 0 spiro atoms. The summed E-state index contributed by atoms with van der Waals surface area (Å²) in [6.07, 6.45) is -33.3. The van der Waals surface area contributed by atoms with Crippen LogP contribution in [0.1, 0.15) is 95.4 Å². The van der Waals surface area contributed by atoms with E-state index in [9.17, 15) is 75.4 Å². The first kappa shape index (κ1) is 55.7. The molecule has 2 aliphatic rings. The monoisotopic (exact) mass is 912 g/mol. The fraction of sp³-hybridized carbons (Fsp3) is 0.946. The van der Waals surface area contributed by atoms with E-state index >= 15 is 0 Å². The van der Waals surface area contributed by atoms with Gasteiger partial charge in [-0.25, -0.2) is 0 Å². The predicted molar refractivity (Wildman–Crippen MR) is 181 cm³/mol. The molecule has 2 bridgehead atoms. The van der Waals surface area contributed by atoms with Crippen molar-refractivity contribution in [1.82, 2.24) is 0 Å². The van der Waals surface area contributed by atoms with E-state index in [1.165, 1.54) is 27.7 Å². The summed E-state index contributed by atoms with van der Waals surface area (Å²) < 4.78 is 232. The Morgan fingerprint density at radius 2 is 1.08 bits per heavy atom. The average Bonchev–Trinajstić information content (AvgIpc) is 3.55. The number of halogens is 15. The second kappa shape index (κ2) is 18.4. The zero-order valence-corrected chi connectivity index (χ0v) is 35.4. The molecule has 0 aromatic carbocycles. The molecular formula is C37H55F15O8. The Bertz CT molecular complexity index is 1410. The SMILES string of the molecule is CCC(C)(C(=O)OCC(OC(OC)C(C)C)(C(F)(F)F)C(F)(F)F)C(F)(F)F.COC(OC(C(F)(F)F)(C(F)(F)F)C(C)(C)OC(=O)C1(C)CC2CC1C(C)C2C)C(C)C. The van der Waals surface area contributed by atoms with Crippen LogP contribution in [0.4, 0.5) is 65.9 Å². The molecular weight excluding hydrogens is 857 g/mol. The first-order valence-electron chi connectivity index (χ1n) is 18.7. The molecule has 0 aromatic rings. The van der Waals surface area contributed by atoms with Gasteiger partial charge in [-0.3, -0.25) is 9.59 Å². The zero-order valence-electron chi connectivity index (χ0n) is 35.4. The number of rotatable bonds is 15. The van der Waals surface area contributed by atoms with Gasteiger partial charge in [-0.15, -0.1) is 0 Å². The van der Waals surface area contributed by atoms with Crippen LogP contribution in [-0.4, -0.2) is 93.0 Å². The molecule has 0 aliphatic heterocycles. The van der Waals surface area contributed by atoms with E-state index in [1.54, 1.807) is 6.92 Å². The minimum atomic E-state index is -6.18. The largest absolute Gasteiger partial charge is 0.461 e. The predicted octanol–water partition coefficient (Wildman–Crippen LogP) is 11.2. The van der Waals surface area contributed by atoms with Crippen LogP contribution >= 0.6 is 0 Å². The number of esters is 2. The van der Waals surface area contributed by atoms with Crippen LogP contribution in [0.3, 0.4) is 0 Å². The van der Waals surface area contributed by atoms with Crippen LogP contribution in [0.5, 0.6) is 0 Å². The highest BCUT2D eigenvalue weighted by Gasteiger charge is 2.82. The minimum absolute atomic E-state index is 0.111. The maximum atomic E-state index is 14.2. The van der Waals surface area contributed by atoms with E-state index in [-0.39, 0.29) is 17.8 Å². The zero-order chi connectivity index (χ0) is 47.8. The smallest absolute Gasteiger partial charge is 0.430 e. The summed E-state index contributed by atoms with van der Waals surface area (Å²) in [5.74, 6) is -4.73. The lowest BCUT2D eigenvalue weighted by molar-refractivity contribution is -0.445. The molecule has 0 heterocycles. The van der Waals surface area contributed by atoms with Crippen LogP contribution < -0.4 is 0 Å². The van der Waals surface area contributed by atoms with E-state index < -0.39 is 108 Å². The molecule has 0 radical (unpaired) electrons. The summed E-state index contributed by atoms with van der Waals surface area (Å²) >= 11 is 0. The van der Waals surface area contributed by atoms with Gasteiger partial charge in [0.15, 0.2) is 23.6 Å². The number of methoxy groups -OCH3 is 2. The highest BCUT2D eigenvalue weighted by atomic mass is 19.4. The third kappa shape index (κ3) is 10.4. The van der Waals surface area contributed by atoms with Crippen molar-refractivity contribution < 1.29 is 104 Å². The molecule has 23 heteroatoms. The summed E-state index contributed by atoms with van der Waals surface area (Å²) in [6, 6.07) is 0. The summed E-state index contributed by atoms with van der Waals surface area (Å²) in [4.78, 5) is 24.9. The number of hydrogen-bond donors (Lipinski definition) is 0. The molecule has 356 valence electrons. The summed E-state index contributed by atoms with van der Waals surface area (Å²) in [6.45, 7) is 10.5. The third-order valence-electron chi connectivity index (χ3n) is 12.0. The standard InChI is InChI=1S/C22H34F6O4.C15H21F9O4/c1-11(2)16(30-8)31-20(21(23,24)25,22(26,27)28)18(5,6)32-17(29)19(7)10-14-9-15(19)13(4)12(14)3;1-6-11(4,13(16,17)18)10(25)27-7-12(14(19,20)21,15(22,23)24)28-9(26-5)8(2)3/h11-16H,9-10H2,1-8H3;8-9H,6-7H2,1-5H3. The quantitative estimate of drug-likeness (QED) is 0.0912. The second-order valence-electron chi connectivity index (χ2n) is 17.0. The number of carbonyl (C=O) groups excluding carboxylic acids is 2. The van der Waals surface area contributed by atoms with Crippen molar-refractivity contribution in [1.29, 1.82) is 0 Å². The number of alkyl halides is 15. The van der Waals surface area contributed by atoms with Crippen LogP contribution in [0.25, 0.3) is 0 Å². The van der Waals surface area contributed by atoms with Crippen LogP contribution in [-0.2, 0) is 38.0 Å². The first-order chi connectivity index (χ1) is 26.6. The molecule has 2 fully saturated rings. The Labute approximate surface area is 338 Å².